The molecule has 2 unspecified atom stereocenters. The van der Waals surface area contributed by atoms with Crippen LogP contribution >= 0.6 is 0 Å². The molecule has 2 aromatic carbocycles. The summed E-state index contributed by atoms with van der Waals surface area (Å²) in [5.74, 6) is -2.22. The second kappa shape index (κ2) is 12.9. The Morgan fingerprint density at radius 3 is 2.32 bits per heavy atom. The number of carboxylic acid groups (broad SMARTS) is 2. The van der Waals surface area contributed by atoms with Gasteiger partial charge in [-0.1, -0.05) is 18.2 Å². The van der Waals surface area contributed by atoms with E-state index in [-0.39, 0.29) is 22.6 Å². The van der Waals surface area contributed by atoms with Crippen molar-refractivity contribution in [1.29, 1.82) is 0 Å². The molecule has 0 bridgehead atoms. The summed E-state index contributed by atoms with van der Waals surface area (Å²) in [6.45, 7) is -3.49. The molecule has 2 atom stereocenters. The largest absolute Gasteiger partial charge is 0.506 e. The average Bonchev–Trinajstić information content (AvgIpc) is 2.82. The van der Waals surface area contributed by atoms with Gasteiger partial charge in [0.1, 0.15) is 11.5 Å². The lowest BCUT2D eigenvalue weighted by Crippen LogP contribution is -2.32. The molecular weight excluding hydrogens is 404 g/mol. The molecule has 0 amide bonds. The van der Waals surface area contributed by atoms with E-state index in [0.717, 1.165) is 0 Å². The van der Waals surface area contributed by atoms with E-state index in [1.54, 1.807) is 0 Å². The van der Waals surface area contributed by atoms with Gasteiger partial charge in [0, 0.05) is 32.9 Å². The topological polar surface area (TPSA) is 162 Å². The van der Waals surface area contributed by atoms with E-state index in [0.29, 0.717) is 17.9 Å². The first-order chi connectivity index (χ1) is 17.0. The van der Waals surface area contributed by atoms with Crippen LogP contribution in [0.5, 0.6) is 11.5 Å². The molecule has 9 heteroatoms. The van der Waals surface area contributed by atoms with E-state index < -0.39 is 43.8 Å². The van der Waals surface area contributed by atoms with Gasteiger partial charge in [-0.05, 0) is 48.6 Å². The van der Waals surface area contributed by atoms with E-state index in [1.807, 2.05) is 0 Å². The van der Waals surface area contributed by atoms with E-state index in [4.69, 9.17) is 28.9 Å². The number of carbonyl (C=O) groups is 2. The summed E-state index contributed by atoms with van der Waals surface area (Å²) in [7, 11) is 1.44. The molecule has 168 valence electrons. The molecule has 0 spiro atoms. The number of nitrogen functional groups attached to an aromatic ring is 1. The van der Waals surface area contributed by atoms with Crippen molar-refractivity contribution < 1.29 is 43.0 Å². The van der Waals surface area contributed by atoms with Gasteiger partial charge in [-0.15, -0.1) is 0 Å². The number of hydrogen-bond donors (Lipinski definition) is 6. The predicted octanol–water partition coefficient (Wildman–Crippen LogP) is 1.95. The third-order valence-electron chi connectivity index (χ3n) is 3.64. The quantitative estimate of drug-likeness (QED) is 0.195. The number of ether oxygens (including phenoxy) is 1. The summed E-state index contributed by atoms with van der Waals surface area (Å²) in [4.78, 5) is 19.1. The van der Waals surface area contributed by atoms with Crippen LogP contribution in [0.2, 0.25) is 0 Å². The van der Waals surface area contributed by atoms with Crippen LogP contribution in [0.3, 0.4) is 0 Å². The van der Waals surface area contributed by atoms with E-state index in [9.17, 15) is 19.8 Å². The highest BCUT2D eigenvalue weighted by Gasteiger charge is 2.11. The van der Waals surface area contributed by atoms with Gasteiger partial charge in [-0.25, -0.2) is 9.59 Å². The Hall–Kier alpha value is -3.56. The normalized spacial score (nSPS) is 17.2. The maximum atomic E-state index is 10.4. The lowest BCUT2D eigenvalue weighted by molar-refractivity contribution is -0.134. The fraction of sp³-hybridized carbons (Fsp3) is 0.273. The molecule has 0 saturated carbocycles. The summed E-state index contributed by atoms with van der Waals surface area (Å²) in [6, 6.07) is 6.89. The van der Waals surface area contributed by atoms with Crippen LogP contribution in [0.4, 0.5) is 5.69 Å². The molecule has 0 fully saturated rings. The third-order valence-corrected chi connectivity index (χ3v) is 3.64. The number of rotatable bonds is 9. The van der Waals surface area contributed by atoms with Crippen LogP contribution in [0, 0.1) is 0 Å². The molecule has 31 heavy (non-hydrogen) atoms. The maximum Gasteiger partial charge on any atom is 0.328 e. The van der Waals surface area contributed by atoms with Crippen molar-refractivity contribution in [3.05, 3.63) is 65.7 Å². The fourth-order valence-electron chi connectivity index (χ4n) is 2.10. The number of nitrogens with one attached hydrogen (secondary N) is 1. The second-order valence-corrected chi connectivity index (χ2v) is 5.95. The number of anilines is 1. The fourth-order valence-corrected chi connectivity index (χ4v) is 2.10. The van der Waals surface area contributed by atoms with Gasteiger partial charge < -0.3 is 36.2 Å². The van der Waals surface area contributed by atoms with Crippen molar-refractivity contribution in [1.82, 2.24) is 5.32 Å². The molecule has 0 aliphatic rings. The molecular formula is C22H28N2O7. The standard InChI is InChI=1S/C18H24N2O3.C4H4O4/c1-12(9-13-3-6-15(23-2)7-4-13)20-11-18(22)14-5-8-17(21)16(19)10-14;5-3(6)1-2-4(7)8/h3-8,10,12,18,20-22H,9,11,19H2,1-2H3;1-2H,(H,5,6)(H,7,8)/b;2-1+/i1D3,9D2,12D;. The van der Waals surface area contributed by atoms with Crippen LogP contribution in [-0.2, 0) is 16.0 Å². The Labute approximate surface area is 188 Å². The number of aromatic hydroxyl groups is 1. The first kappa shape index (κ1) is 17.2. The molecule has 2 rings (SSSR count). The minimum atomic E-state index is -3.07. The number of carboxylic acids is 2. The van der Waals surface area contributed by atoms with Crippen molar-refractivity contribution in [2.45, 2.75) is 25.3 Å². The Bertz CT molecular complexity index is 1090. The monoisotopic (exact) mass is 438 g/mol. The van der Waals surface area contributed by atoms with Gasteiger partial charge in [-0.2, -0.15) is 0 Å². The van der Waals surface area contributed by atoms with Crippen molar-refractivity contribution in [2.24, 2.45) is 0 Å². The van der Waals surface area contributed by atoms with Crippen molar-refractivity contribution in [3.63, 3.8) is 0 Å². The minimum Gasteiger partial charge on any atom is -0.506 e. The molecule has 0 aromatic heterocycles. The third kappa shape index (κ3) is 10.2. The number of phenolic OH excluding ortho intramolecular Hbond substituents is 1. The Balaban J connectivity index is 0.000000738. The highest BCUT2D eigenvalue weighted by Crippen LogP contribution is 2.24. The van der Waals surface area contributed by atoms with Gasteiger partial charge in [0.15, 0.2) is 0 Å². The van der Waals surface area contributed by atoms with Crippen molar-refractivity contribution in [3.8, 4) is 11.5 Å². The zero-order chi connectivity index (χ0) is 28.6. The van der Waals surface area contributed by atoms with Crippen LogP contribution < -0.4 is 15.8 Å². The number of aliphatic hydroxyl groups is 1. The number of methoxy groups -OCH3 is 1. The lowest BCUT2D eigenvalue weighted by Gasteiger charge is -2.18. The van der Waals surface area contributed by atoms with Gasteiger partial charge in [0.2, 0.25) is 0 Å². The summed E-state index contributed by atoms with van der Waals surface area (Å²) in [5, 5.41) is 37.8. The molecule has 9 nitrogen and oxygen atoms in total. The average molecular weight is 439 g/mol. The lowest BCUT2D eigenvalue weighted by atomic mass is 10.1. The summed E-state index contributed by atoms with van der Waals surface area (Å²) >= 11 is 0. The zero-order valence-electron chi connectivity index (χ0n) is 22.6. The van der Waals surface area contributed by atoms with Crippen LogP contribution in [-0.4, -0.2) is 52.0 Å². The highest BCUT2D eigenvalue weighted by molar-refractivity contribution is 5.89. The van der Waals surface area contributed by atoms with Crippen molar-refractivity contribution >= 4 is 17.6 Å². The molecule has 0 aliphatic heterocycles. The summed E-state index contributed by atoms with van der Waals surface area (Å²) in [5.41, 5.74) is 5.89. The van der Waals surface area contributed by atoms with Gasteiger partial charge in [0.25, 0.3) is 0 Å². The molecule has 0 heterocycles. The van der Waals surface area contributed by atoms with Crippen LogP contribution in [0.1, 0.15) is 32.3 Å². The van der Waals surface area contributed by atoms with E-state index in [2.05, 4.69) is 5.32 Å². The molecule has 7 N–H and O–H groups in total. The Morgan fingerprint density at radius 2 is 1.84 bits per heavy atom. The molecule has 0 aliphatic carbocycles. The predicted molar refractivity (Wildman–Crippen MR) is 116 cm³/mol. The number of benzene rings is 2. The number of phenols is 1. The van der Waals surface area contributed by atoms with Gasteiger partial charge in [-0.3, -0.25) is 0 Å². The Morgan fingerprint density at radius 1 is 1.23 bits per heavy atom. The Kier molecular flexibility index (Phi) is 7.13. The first-order valence-corrected chi connectivity index (χ1v) is 8.76. The molecule has 0 saturated heterocycles. The van der Waals surface area contributed by atoms with E-state index in [1.165, 1.54) is 49.6 Å². The summed E-state index contributed by atoms with van der Waals surface area (Å²) in [6.07, 6.45) is -2.81. The molecule has 0 radical (unpaired) electrons. The van der Waals surface area contributed by atoms with Crippen molar-refractivity contribution in [2.75, 3.05) is 19.4 Å². The summed E-state index contributed by atoms with van der Waals surface area (Å²) < 4.78 is 53.6. The first-order valence-electron chi connectivity index (χ1n) is 11.8. The van der Waals surface area contributed by atoms with Crippen LogP contribution in [0.25, 0.3) is 0 Å². The maximum absolute atomic E-state index is 10.4. The minimum absolute atomic E-state index is 0.0275. The second-order valence-electron chi connectivity index (χ2n) is 5.95. The zero-order valence-corrected chi connectivity index (χ0v) is 16.6. The van der Waals surface area contributed by atoms with Gasteiger partial charge >= 0.3 is 11.9 Å². The van der Waals surface area contributed by atoms with Crippen LogP contribution in [0.15, 0.2) is 54.6 Å². The van der Waals surface area contributed by atoms with E-state index >= 15 is 0 Å². The number of aliphatic hydroxyl groups excluding tert-OH is 1. The number of aliphatic carboxylic acids is 2. The SMILES string of the molecule is O=C(O)/C=C/C(=O)O.[2H]C([2H])([2H])C([2H])(NCC(O)c1ccc(O)c(N)c1)C([2H])([2H])c1ccc(OC)cc1. The smallest absolute Gasteiger partial charge is 0.328 e. The highest BCUT2D eigenvalue weighted by atomic mass is 16.5. The number of hydrogen-bond acceptors (Lipinski definition) is 7. The molecule has 2 aromatic rings. The van der Waals surface area contributed by atoms with Gasteiger partial charge in [0.05, 0.1) is 18.9 Å². The number of nitrogens with two attached hydrogens (primary N) is 1.